The third-order valence-electron chi connectivity index (χ3n) is 6.41. The smallest absolute Gasteiger partial charge is 0.254 e. The number of likely N-dealkylation sites (tertiary alicyclic amines) is 1. The van der Waals surface area contributed by atoms with Gasteiger partial charge in [-0.2, -0.15) is 11.3 Å². The number of carbonyl (C=O) groups excluding carboxylic acids is 2. The van der Waals surface area contributed by atoms with E-state index >= 15 is 0 Å². The standard InChI is InChI=1S/C26H26ClFN2O2S/c1-29(25(31)21-11-14-33-17-21)24(15-18-5-3-2-4-6-18)19-9-12-30(13-10-19)26(32)20-7-8-23(28)22(27)16-20/h2-8,11,14,16-17,19,24H,9-10,12-13,15H2,1H3/t24-/m0/s1. The van der Waals surface area contributed by atoms with Crippen molar-refractivity contribution in [2.45, 2.75) is 25.3 Å². The van der Waals surface area contributed by atoms with Gasteiger partial charge in [-0.3, -0.25) is 9.59 Å². The van der Waals surface area contributed by atoms with Gasteiger partial charge in [0, 0.05) is 37.1 Å². The first-order valence-corrected chi connectivity index (χ1v) is 12.3. The van der Waals surface area contributed by atoms with Gasteiger partial charge in [0.15, 0.2) is 0 Å². The Bertz CT molecular complexity index is 1100. The fourth-order valence-electron chi connectivity index (χ4n) is 4.51. The number of nitrogens with zero attached hydrogens (tertiary/aromatic N) is 2. The summed E-state index contributed by atoms with van der Waals surface area (Å²) in [5.41, 5.74) is 2.29. The molecule has 1 atom stereocenters. The summed E-state index contributed by atoms with van der Waals surface area (Å²) < 4.78 is 13.5. The first-order chi connectivity index (χ1) is 15.9. The molecule has 33 heavy (non-hydrogen) atoms. The van der Waals surface area contributed by atoms with Gasteiger partial charge in [-0.15, -0.1) is 0 Å². The summed E-state index contributed by atoms with van der Waals surface area (Å²) in [5, 5.41) is 3.75. The van der Waals surface area contributed by atoms with Crippen LogP contribution >= 0.6 is 22.9 Å². The Morgan fingerprint density at radius 1 is 1.12 bits per heavy atom. The van der Waals surface area contributed by atoms with Crippen LogP contribution in [0.4, 0.5) is 4.39 Å². The summed E-state index contributed by atoms with van der Waals surface area (Å²) in [6, 6.07) is 16.2. The van der Waals surface area contributed by atoms with Gasteiger partial charge in [0.25, 0.3) is 11.8 Å². The van der Waals surface area contributed by atoms with E-state index in [-0.39, 0.29) is 28.8 Å². The van der Waals surface area contributed by atoms with E-state index in [2.05, 4.69) is 12.1 Å². The van der Waals surface area contributed by atoms with Crippen molar-refractivity contribution in [1.29, 1.82) is 0 Å². The molecule has 4 nitrogen and oxygen atoms in total. The summed E-state index contributed by atoms with van der Waals surface area (Å²) >= 11 is 7.38. The second-order valence-corrected chi connectivity index (χ2v) is 9.63. The number of hydrogen-bond acceptors (Lipinski definition) is 3. The molecule has 2 aromatic carbocycles. The number of hydrogen-bond donors (Lipinski definition) is 0. The van der Waals surface area contributed by atoms with Crippen molar-refractivity contribution in [1.82, 2.24) is 9.80 Å². The molecule has 2 amide bonds. The van der Waals surface area contributed by atoms with Crippen LogP contribution in [0.2, 0.25) is 5.02 Å². The molecule has 7 heteroatoms. The number of thiophene rings is 1. The molecule has 3 aromatic rings. The monoisotopic (exact) mass is 484 g/mol. The normalized spacial score (nSPS) is 15.3. The van der Waals surface area contributed by atoms with Crippen molar-refractivity contribution in [3.05, 3.63) is 92.9 Å². The third kappa shape index (κ3) is 5.45. The topological polar surface area (TPSA) is 40.6 Å². The number of halogens is 2. The molecule has 0 saturated carbocycles. The summed E-state index contributed by atoms with van der Waals surface area (Å²) in [6.45, 7) is 1.18. The van der Waals surface area contributed by atoms with Crippen molar-refractivity contribution >= 4 is 34.8 Å². The van der Waals surface area contributed by atoms with Gasteiger partial charge in [0.1, 0.15) is 5.82 Å². The lowest BCUT2D eigenvalue weighted by atomic mass is 9.84. The molecular weight excluding hydrogens is 459 g/mol. The van der Waals surface area contributed by atoms with Crippen molar-refractivity contribution in [2.24, 2.45) is 5.92 Å². The quantitative estimate of drug-likeness (QED) is 0.445. The number of amides is 2. The summed E-state index contributed by atoms with van der Waals surface area (Å²) in [5.74, 6) is -0.387. The van der Waals surface area contributed by atoms with Crippen molar-refractivity contribution < 1.29 is 14.0 Å². The molecule has 4 rings (SSSR count). The Balaban J connectivity index is 1.48. The molecule has 0 bridgehead atoms. The SMILES string of the molecule is CN(C(=O)c1ccsc1)[C@@H](Cc1ccccc1)C1CCN(C(=O)c2ccc(F)c(Cl)c2)CC1. The van der Waals surface area contributed by atoms with Crippen LogP contribution in [0, 0.1) is 11.7 Å². The van der Waals surface area contributed by atoms with Crippen LogP contribution in [-0.2, 0) is 6.42 Å². The maximum Gasteiger partial charge on any atom is 0.254 e. The van der Waals surface area contributed by atoms with E-state index in [1.54, 1.807) is 4.90 Å². The van der Waals surface area contributed by atoms with Gasteiger partial charge < -0.3 is 9.80 Å². The molecule has 0 N–H and O–H groups in total. The Labute approximate surface area is 202 Å². The Morgan fingerprint density at radius 3 is 2.48 bits per heavy atom. The number of piperidine rings is 1. The minimum absolute atomic E-state index is 0.0247. The fraction of sp³-hybridized carbons (Fsp3) is 0.308. The zero-order chi connectivity index (χ0) is 23.4. The molecule has 1 aromatic heterocycles. The molecule has 1 saturated heterocycles. The first kappa shape index (κ1) is 23.5. The second kappa shape index (κ2) is 10.5. The van der Waals surface area contributed by atoms with Crippen LogP contribution in [0.3, 0.4) is 0 Å². The van der Waals surface area contributed by atoms with Gasteiger partial charge >= 0.3 is 0 Å². The maximum absolute atomic E-state index is 13.5. The molecule has 2 heterocycles. The van der Waals surface area contributed by atoms with Crippen molar-refractivity contribution in [2.75, 3.05) is 20.1 Å². The molecule has 1 aliphatic heterocycles. The van der Waals surface area contributed by atoms with Gasteiger partial charge in [-0.1, -0.05) is 41.9 Å². The highest BCUT2D eigenvalue weighted by Crippen LogP contribution is 2.29. The van der Waals surface area contributed by atoms with Crippen LogP contribution in [0.15, 0.2) is 65.4 Å². The highest BCUT2D eigenvalue weighted by molar-refractivity contribution is 7.08. The maximum atomic E-state index is 13.5. The predicted octanol–water partition coefficient (Wildman–Crippen LogP) is 5.78. The summed E-state index contributed by atoms with van der Waals surface area (Å²) in [7, 11) is 1.88. The van der Waals surface area contributed by atoms with Crippen LogP contribution in [0.25, 0.3) is 0 Å². The van der Waals surface area contributed by atoms with Crippen molar-refractivity contribution in [3.63, 3.8) is 0 Å². The van der Waals surface area contributed by atoms with Crippen molar-refractivity contribution in [3.8, 4) is 0 Å². The lowest BCUT2D eigenvalue weighted by Gasteiger charge is -2.40. The van der Waals surface area contributed by atoms with E-state index in [1.807, 2.05) is 47.0 Å². The average Bonchev–Trinajstić information content (AvgIpc) is 3.39. The van der Waals surface area contributed by atoms with Gasteiger partial charge in [-0.25, -0.2) is 4.39 Å². The number of rotatable bonds is 6. The Kier molecular flexibility index (Phi) is 7.46. The number of benzene rings is 2. The lowest BCUT2D eigenvalue weighted by Crippen LogP contribution is -2.48. The minimum Gasteiger partial charge on any atom is -0.339 e. The summed E-state index contributed by atoms with van der Waals surface area (Å²) in [6.07, 6.45) is 2.35. The first-order valence-electron chi connectivity index (χ1n) is 11.0. The molecule has 172 valence electrons. The highest BCUT2D eigenvalue weighted by Gasteiger charge is 2.33. The van der Waals surface area contributed by atoms with E-state index in [0.29, 0.717) is 24.2 Å². The molecular formula is C26H26ClFN2O2S. The van der Waals surface area contributed by atoms with Crippen LogP contribution in [0.5, 0.6) is 0 Å². The van der Waals surface area contributed by atoms with Gasteiger partial charge in [0.05, 0.1) is 10.6 Å². The second-order valence-electron chi connectivity index (χ2n) is 8.44. The van der Waals surface area contributed by atoms with Gasteiger partial charge in [0.2, 0.25) is 0 Å². The number of likely N-dealkylation sites (N-methyl/N-ethyl adjacent to an activating group) is 1. The zero-order valence-corrected chi connectivity index (χ0v) is 20.0. The Morgan fingerprint density at radius 2 is 1.85 bits per heavy atom. The molecule has 0 spiro atoms. The van der Waals surface area contributed by atoms with Crippen LogP contribution < -0.4 is 0 Å². The van der Waals surface area contributed by atoms with Crippen LogP contribution in [-0.4, -0.2) is 47.8 Å². The molecule has 0 unspecified atom stereocenters. The fourth-order valence-corrected chi connectivity index (χ4v) is 5.33. The Hall–Kier alpha value is -2.70. The van der Waals surface area contributed by atoms with E-state index in [4.69, 9.17) is 11.6 Å². The summed E-state index contributed by atoms with van der Waals surface area (Å²) in [4.78, 5) is 29.7. The van der Waals surface area contributed by atoms with E-state index in [9.17, 15) is 14.0 Å². The molecule has 0 radical (unpaired) electrons. The van der Waals surface area contributed by atoms with E-state index < -0.39 is 5.82 Å². The third-order valence-corrected chi connectivity index (χ3v) is 7.38. The predicted molar refractivity (Wildman–Crippen MR) is 130 cm³/mol. The van der Waals surface area contributed by atoms with Gasteiger partial charge in [-0.05, 0) is 60.4 Å². The van der Waals surface area contributed by atoms with E-state index in [0.717, 1.165) is 19.3 Å². The zero-order valence-electron chi connectivity index (χ0n) is 18.4. The number of carbonyl (C=O) groups is 2. The lowest BCUT2D eigenvalue weighted by molar-refractivity contribution is 0.0522. The van der Waals surface area contributed by atoms with E-state index in [1.165, 1.54) is 35.1 Å². The minimum atomic E-state index is -0.533. The molecule has 0 aliphatic carbocycles. The molecule has 1 fully saturated rings. The highest BCUT2D eigenvalue weighted by atomic mass is 35.5. The average molecular weight is 485 g/mol. The largest absolute Gasteiger partial charge is 0.339 e. The molecule has 1 aliphatic rings. The van der Waals surface area contributed by atoms with Crippen LogP contribution in [0.1, 0.15) is 39.1 Å².